The molecule has 1 amide bonds. The molecule has 2 rings (SSSR count). The van der Waals surface area contributed by atoms with Crippen LogP contribution in [0.4, 0.5) is 17.3 Å². The second-order valence-electron chi connectivity index (χ2n) is 5.27. The van der Waals surface area contributed by atoms with Gasteiger partial charge in [0.15, 0.2) is 11.6 Å². The summed E-state index contributed by atoms with van der Waals surface area (Å²) < 4.78 is 10.5. The molecule has 1 aromatic carbocycles. The van der Waals surface area contributed by atoms with Crippen LogP contribution in [0, 0.1) is 0 Å². The minimum atomic E-state index is -0.0685. The molecule has 0 aliphatic heterocycles. The Bertz CT molecular complexity index is 723. The lowest BCUT2D eigenvalue weighted by Crippen LogP contribution is -2.12. The van der Waals surface area contributed by atoms with Gasteiger partial charge in [0.25, 0.3) is 0 Å². The maximum atomic E-state index is 11.7. The molecule has 2 N–H and O–H groups in total. The molecule has 0 unspecified atom stereocenters. The van der Waals surface area contributed by atoms with E-state index in [0.717, 1.165) is 12.8 Å². The van der Waals surface area contributed by atoms with Crippen molar-refractivity contribution < 1.29 is 14.3 Å². The SMILES string of the molecule is CCCCC(=O)Nc1ccc(Nc2cc(OC)c(Cl)cc2OC)nn1. The number of aromatic nitrogens is 2. The number of rotatable bonds is 8. The van der Waals surface area contributed by atoms with Gasteiger partial charge in [-0.1, -0.05) is 24.9 Å². The highest BCUT2D eigenvalue weighted by Crippen LogP contribution is 2.37. The number of halogens is 1. The summed E-state index contributed by atoms with van der Waals surface area (Å²) in [5.74, 6) is 1.89. The Labute approximate surface area is 151 Å². The van der Waals surface area contributed by atoms with Crippen molar-refractivity contribution in [1.29, 1.82) is 0 Å². The normalized spacial score (nSPS) is 10.2. The molecule has 0 bridgehead atoms. The predicted molar refractivity (Wildman–Crippen MR) is 98.0 cm³/mol. The number of hydrogen-bond donors (Lipinski definition) is 2. The van der Waals surface area contributed by atoms with E-state index in [-0.39, 0.29) is 5.91 Å². The van der Waals surface area contributed by atoms with Crippen LogP contribution in [0.25, 0.3) is 0 Å². The Balaban J connectivity index is 2.09. The standard InChI is InChI=1S/C17H21ClN4O3/c1-4-5-6-17(23)20-16-8-7-15(21-22-16)19-12-10-13(24-2)11(18)9-14(12)25-3/h7-10H,4-6H2,1-3H3,(H,19,21)(H,20,22,23). The topological polar surface area (TPSA) is 85.4 Å². The van der Waals surface area contributed by atoms with Gasteiger partial charge in [-0.25, -0.2) is 0 Å². The highest BCUT2D eigenvalue weighted by molar-refractivity contribution is 6.32. The number of nitrogens with zero attached hydrogens (tertiary/aromatic N) is 2. The number of anilines is 3. The number of hydrogen-bond acceptors (Lipinski definition) is 6. The van der Waals surface area contributed by atoms with Crippen LogP contribution in [0.15, 0.2) is 24.3 Å². The van der Waals surface area contributed by atoms with Crippen LogP contribution in [-0.2, 0) is 4.79 Å². The molecule has 25 heavy (non-hydrogen) atoms. The van der Waals surface area contributed by atoms with Gasteiger partial charge in [-0.15, -0.1) is 10.2 Å². The predicted octanol–water partition coefficient (Wildman–Crippen LogP) is 4.02. The van der Waals surface area contributed by atoms with Gasteiger partial charge in [0.1, 0.15) is 11.5 Å². The van der Waals surface area contributed by atoms with E-state index in [1.807, 2.05) is 6.92 Å². The van der Waals surface area contributed by atoms with Gasteiger partial charge in [-0.2, -0.15) is 0 Å². The van der Waals surface area contributed by atoms with Crippen LogP contribution in [0.1, 0.15) is 26.2 Å². The van der Waals surface area contributed by atoms with E-state index >= 15 is 0 Å². The fraction of sp³-hybridized carbons (Fsp3) is 0.353. The van der Waals surface area contributed by atoms with E-state index < -0.39 is 0 Å². The van der Waals surface area contributed by atoms with Crippen LogP contribution in [-0.4, -0.2) is 30.3 Å². The number of unbranched alkanes of at least 4 members (excludes halogenated alkanes) is 1. The fourth-order valence-electron chi connectivity index (χ4n) is 2.10. The first kappa shape index (κ1) is 18.8. The molecule has 8 heteroatoms. The van der Waals surface area contributed by atoms with Gasteiger partial charge in [0.05, 0.1) is 24.9 Å². The van der Waals surface area contributed by atoms with Gasteiger partial charge in [0, 0.05) is 18.6 Å². The van der Waals surface area contributed by atoms with E-state index in [9.17, 15) is 4.79 Å². The number of amides is 1. The molecule has 0 atom stereocenters. The Kier molecular flexibility index (Phi) is 6.82. The molecule has 2 aromatic rings. The largest absolute Gasteiger partial charge is 0.495 e. The molecule has 0 aliphatic rings. The van der Waals surface area contributed by atoms with Crippen molar-refractivity contribution in [2.75, 3.05) is 24.9 Å². The van der Waals surface area contributed by atoms with Crippen LogP contribution in [0.2, 0.25) is 5.02 Å². The van der Waals surface area contributed by atoms with Crippen molar-refractivity contribution in [2.24, 2.45) is 0 Å². The molecule has 0 aliphatic carbocycles. The third-order valence-corrected chi connectivity index (χ3v) is 3.72. The molecular formula is C17H21ClN4O3. The Morgan fingerprint density at radius 3 is 2.40 bits per heavy atom. The summed E-state index contributed by atoms with van der Waals surface area (Å²) in [5, 5.41) is 14.3. The van der Waals surface area contributed by atoms with Crippen molar-refractivity contribution in [3.63, 3.8) is 0 Å². The fourth-order valence-corrected chi connectivity index (χ4v) is 2.34. The monoisotopic (exact) mass is 364 g/mol. The number of carbonyl (C=O) groups is 1. The van der Waals surface area contributed by atoms with E-state index in [1.54, 1.807) is 31.4 Å². The quantitative estimate of drug-likeness (QED) is 0.735. The molecule has 0 saturated heterocycles. The van der Waals surface area contributed by atoms with E-state index in [1.165, 1.54) is 7.11 Å². The first-order valence-electron chi connectivity index (χ1n) is 7.89. The van der Waals surface area contributed by atoms with Crippen molar-refractivity contribution in [3.05, 3.63) is 29.3 Å². The highest BCUT2D eigenvalue weighted by Gasteiger charge is 2.11. The van der Waals surface area contributed by atoms with Gasteiger partial charge in [-0.3, -0.25) is 4.79 Å². The van der Waals surface area contributed by atoms with E-state index in [4.69, 9.17) is 21.1 Å². The lowest BCUT2D eigenvalue weighted by atomic mass is 10.2. The van der Waals surface area contributed by atoms with Crippen LogP contribution < -0.4 is 20.1 Å². The van der Waals surface area contributed by atoms with Gasteiger partial charge >= 0.3 is 0 Å². The van der Waals surface area contributed by atoms with Crippen LogP contribution in [0.5, 0.6) is 11.5 Å². The molecular weight excluding hydrogens is 344 g/mol. The van der Waals surface area contributed by atoms with Crippen molar-refractivity contribution in [1.82, 2.24) is 10.2 Å². The zero-order valence-electron chi connectivity index (χ0n) is 14.4. The summed E-state index contributed by atoms with van der Waals surface area (Å²) in [6.07, 6.45) is 2.28. The lowest BCUT2D eigenvalue weighted by Gasteiger charge is -2.13. The number of methoxy groups -OCH3 is 2. The van der Waals surface area contributed by atoms with Crippen molar-refractivity contribution >= 4 is 34.8 Å². The zero-order valence-corrected chi connectivity index (χ0v) is 15.2. The third kappa shape index (κ3) is 5.22. The minimum Gasteiger partial charge on any atom is -0.495 e. The van der Waals surface area contributed by atoms with Crippen molar-refractivity contribution in [3.8, 4) is 11.5 Å². The Morgan fingerprint density at radius 1 is 1.12 bits per heavy atom. The second kappa shape index (κ2) is 9.08. The van der Waals surface area contributed by atoms with Crippen molar-refractivity contribution in [2.45, 2.75) is 26.2 Å². The molecule has 0 fully saturated rings. The Morgan fingerprint density at radius 2 is 1.80 bits per heavy atom. The lowest BCUT2D eigenvalue weighted by molar-refractivity contribution is -0.116. The first-order valence-corrected chi connectivity index (χ1v) is 8.27. The minimum absolute atomic E-state index is 0.0685. The Hall–Kier alpha value is -2.54. The summed E-state index contributed by atoms with van der Waals surface area (Å²) in [5.41, 5.74) is 0.637. The highest BCUT2D eigenvalue weighted by atomic mass is 35.5. The van der Waals surface area contributed by atoms with Crippen LogP contribution in [0.3, 0.4) is 0 Å². The van der Waals surface area contributed by atoms with E-state index in [2.05, 4.69) is 20.8 Å². The second-order valence-corrected chi connectivity index (χ2v) is 5.67. The zero-order chi connectivity index (χ0) is 18.2. The molecule has 0 radical (unpaired) electrons. The molecule has 0 saturated carbocycles. The number of carbonyl (C=O) groups excluding carboxylic acids is 1. The maximum absolute atomic E-state index is 11.7. The summed E-state index contributed by atoms with van der Waals surface area (Å²) in [7, 11) is 3.08. The van der Waals surface area contributed by atoms with Crippen LogP contribution >= 0.6 is 11.6 Å². The third-order valence-electron chi connectivity index (χ3n) is 3.43. The average molecular weight is 365 g/mol. The van der Waals surface area contributed by atoms with Gasteiger partial charge < -0.3 is 20.1 Å². The summed E-state index contributed by atoms with van der Waals surface area (Å²) >= 11 is 6.09. The molecule has 134 valence electrons. The summed E-state index contributed by atoms with van der Waals surface area (Å²) in [4.78, 5) is 11.7. The number of ether oxygens (including phenoxy) is 2. The molecule has 0 spiro atoms. The summed E-state index contributed by atoms with van der Waals surface area (Å²) in [6, 6.07) is 6.75. The molecule has 7 nitrogen and oxygen atoms in total. The number of benzene rings is 1. The number of nitrogens with one attached hydrogen (secondary N) is 2. The molecule has 1 aromatic heterocycles. The molecule has 1 heterocycles. The maximum Gasteiger partial charge on any atom is 0.225 e. The van der Waals surface area contributed by atoms with Gasteiger partial charge in [-0.05, 0) is 18.6 Å². The first-order chi connectivity index (χ1) is 12.1. The van der Waals surface area contributed by atoms with Gasteiger partial charge in [0.2, 0.25) is 5.91 Å². The summed E-state index contributed by atoms with van der Waals surface area (Å²) in [6.45, 7) is 2.04. The smallest absolute Gasteiger partial charge is 0.225 e. The van der Waals surface area contributed by atoms with E-state index in [0.29, 0.717) is 40.3 Å². The average Bonchev–Trinajstić information content (AvgIpc) is 2.62.